The number of ether oxygens (including phenoxy) is 1. The van der Waals surface area contributed by atoms with Crippen molar-refractivity contribution in [3.8, 4) is 17.6 Å². The largest absolute Gasteiger partial charge is 0.494 e. The van der Waals surface area contributed by atoms with Crippen molar-refractivity contribution in [2.45, 2.75) is 42.2 Å². The summed E-state index contributed by atoms with van der Waals surface area (Å²) in [5.74, 6) is 6.82. The van der Waals surface area contributed by atoms with Gasteiger partial charge in [0.15, 0.2) is 21.4 Å². The number of anilines is 1. The molecule has 0 saturated carbocycles. The Labute approximate surface area is 233 Å². The topological polar surface area (TPSA) is 46.6 Å². The fourth-order valence-electron chi connectivity index (χ4n) is 4.32. The lowest BCUT2D eigenvalue weighted by Crippen LogP contribution is -2.41. The normalized spacial score (nSPS) is 15.5. The van der Waals surface area contributed by atoms with E-state index >= 15 is 0 Å². The lowest BCUT2D eigenvalue weighted by atomic mass is 9.79. The van der Waals surface area contributed by atoms with E-state index in [4.69, 9.17) is 16.3 Å². The maximum Gasteiger partial charge on any atom is 0.175 e. The third kappa shape index (κ3) is 5.88. The van der Waals surface area contributed by atoms with E-state index in [1.165, 1.54) is 19.4 Å². The molecule has 0 radical (unpaired) electrons. The van der Waals surface area contributed by atoms with E-state index < -0.39 is 21.1 Å². The summed E-state index contributed by atoms with van der Waals surface area (Å²) in [6, 6.07) is 17.7. The molecule has 8 heteroatoms. The molecule has 0 amide bonds. The number of methoxy groups -OCH3 is 1. The van der Waals surface area contributed by atoms with Gasteiger partial charge in [-0.05, 0) is 53.9 Å². The Morgan fingerprint density at radius 1 is 1.11 bits per heavy atom. The number of hydrogen-bond donors (Lipinski definition) is 0. The van der Waals surface area contributed by atoms with Crippen LogP contribution in [0.4, 0.5) is 10.1 Å². The summed E-state index contributed by atoms with van der Waals surface area (Å²) in [6.07, 6.45) is 3.06. The number of thioether (sulfide) groups is 1. The molecular formula is C30H29ClFNO3S2. The maximum absolute atomic E-state index is 14.4. The number of benzene rings is 3. The van der Waals surface area contributed by atoms with Crippen LogP contribution in [0.2, 0.25) is 5.02 Å². The Morgan fingerprint density at radius 3 is 2.45 bits per heavy atom. The molecule has 0 spiro atoms. The van der Waals surface area contributed by atoms with E-state index in [9.17, 15) is 12.8 Å². The van der Waals surface area contributed by atoms with Gasteiger partial charge < -0.3 is 9.64 Å². The molecule has 0 saturated heterocycles. The Bertz CT molecular complexity index is 1550. The third-order valence-electron chi connectivity index (χ3n) is 6.57. The summed E-state index contributed by atoms with van der Waals surface area (Å²) in [7, 11) is -1.88. The molecule has 198 valence electrons. The lowest BCUT2D eigenvalue weighted by Gasteiger charge is -2.41. The molecule has 4 nitrogen and oxygen atoms in total. The number of aryl methyl sites for hydroxylation is 1. The minimum Gasteiger partial charge on any atom is -0.494 e. The number of halogens is 2. The summed E-state index contributed by atoms with van der Waals surface area (Å²) in [6.45, 7) is 6.13. The summed E-state index contributed by atoms with van der Waals surface area (Å²) in [4.78, 5) is 2.35. The molecule has 0 fully saturated rings. The fraction of sp³-hybridized carbons (Fsp3) is 0.267. The molecule has 1 heterocycles. The molecule has 4 rings (SSSR count). The maximum atomic E-state index is 14.4. The summed E-state index contributed by atoms with van der Waals surface area (Å²) < 4.78 is 43.6. The first-order chi connectivity index (χ1) is 17.9. The van der Waals surface area contributed by atoms with Crippen LogP contribution in [0, 0.1) is 24.6 Å². The predicted molar refractivity (Wildman–Crippen MR) is 155 cm³/mol. The van der Waals surface area contributed by atoms with Crippen molar-refractivity contribution in [2.24, 2.45) is 0 Å². The second-order valence-corrected chi connectivity index (χ2v) is 13.2. The van der Waals surface area contributed by atoms with Gasteiger partial charge in [-0.2, -0.15) is 0 Å². The monoisotopic (exact) mass is 569 g/mol. The molecule has 0 bridgehead atoms. The molecule has 0 aliphatic carbocycles. The van der Waals surface area contributed by atoms with Crippen molar-refractivity contribution in [3.05, 3.63) is 100.0 Å². The molecular weight excluding hydrogens is 541 g/mol. The summed E-state index contributed by atoms with van der Waals surface area (Å²) in [5, 5.41) is 0.412. The van der Waals surface area contributed by atoms with Crippen molar-refractivity contribution in [2.75, 3.05) is 18.3 Å². The van der Waals surface area contributed by atoms with Crippen LogP contribution < -0.4 is 9.64 Å². The van der Waals surface area contributed by atoms with Crippen LogP contribution in [-0.4, -0.2) is 27.2 Å². The van der Waals surface area contributed by atoms with Crippen LogP contribution >= 0.6 is 23.4 Å². The highest BCUT2D eigenvalue weighted by Gasteiger charge is 2.35. The highest BCUT2D eigenvalue weighted by Crippen LogP contribution is 2.42. The van der Waals surface area contributed by atoms with E-state index in [0.717, 1.165) is 28.1 Å². The molecule has 3 aromatic rings. The third-order valence-corrected chi connectivity index (χ3v) is 9.17. The number of hydrogen-bond acceptors (Lipinski definition) is 5. The molecule has 0 N–H and O–H groups in total. The average Bonchev–Trinajstić information content (AvgIpc) is 2.88. The van der Waals surface area contributed by atoms with Crippen molar-refractivity contribution in [1.29, 1.82) is 0 Å². The predicted octanol–water partition coefficient (Wildman–Crippen LogP) is 7.14. The van der Waals surface area contributed by atoms with Crippen LogP contribution in [0.5, 0.6) is 5.75 Å². The van der Waals surface area contributed by atoms with Crippen molar-refractivity contribution in [1.82, 2.24) is 0 Å². The second kappa shape index (κ2) is 11.1. The van der Waals surface area contributed by atoms with E-state index in [1.54, 1.807) is 36.0 Å². The van der Waals surface area contributed by atoms with Gasteiger partial charge in [-0.25, -0.2) is 12.8 Å². The number of sulfone groups is 1. The highest BCUT2D eigenvalue weighted by molar-refractivity contribution is 7.99. The van der Waals surface area contributed by atoms with E-state index in [0.29, 0.717) is 10.8 Å². The first kappa shape index (κ1) is 28.1. The van der Waals surface area contributed by atoms with Gasteiger partial charge in [-0.1, -0.05) is 61.6 Å². The average molecular weight is 570 g/mol. The van der Waals surface area contributed by atoms with Crippen LogP contribution in [0.15, 0.2) is 77.3 Å². The molecule has 1 atom stereocenters. The molecule has 1 unspecified atom stereocenters. The molecule has 0 aromatic heterocycles. The second-order valence-electron chi connectivity index (χ2n) is 9.69. The number of nitrogens with zero attached hydrogens (tertiary/aromatic N) is 1. The molecule has 1 aliphatic heterocycles. The lowest BCUT2D eigenvalue weighted by molar-refractivity contribution is 0.386. The van der Waals surface area contributed by atoms with Gasteiger partial charge in [0.1, 0.15) is 5.37 Å². The Hall–Kier alpha value is -2.92. The van der Waals surface area contributed by atoms with Crippen LogP contribution in [-0.2, 0) is 21.0 Å². The Balaban J connectivity index is 1.75. The van der Waals surface area contributed by atoms with Gasteiger partial charge in [0.2, 0.25) is 0 Å². The van der Waals surface area contributed by atoms with Crippen LogP contribution in [0.25, 0.3) is 0 Å². The standard InChI is InChI=1S/C30H29ClFNO3S2/c1-20-9-10-21(25(31)17-20)19-37-29-8-6-7-28(33(29)23-13-16-26(32)27(18-23)36-4)30(2,3)22-11-14-24(15-12-22)38(5,34)35/h7,9-18,29H,19H2,1-5H3. The Kier molecular flexibility index (Phi) is 8.17. The van der Waals surface area contributed by atoms with Gasteiger partial charge in [0.25, 0.3) is 0 Å². The quantitative estimate of drug-likeness (QED) is 0.270. The minimum absolute atomic E-state index is 0.140. The first-order valence-electron chi connectivity index (χ1n) is 11.9. The highest BCUT2D eigenvalue weighted by atomic mass is 35.5. The summed E-state index contributed by atoms with van der Waals surface area (Å²) >= 11 is 8.13. The van der Waals surface area contributed by atoms with Crippen molar-refractivity contribution in [3.63, 3.8) is 0 Å². The van der Waals surface area contributed by atoms with Crippen LogP contribution in [0.3, 0.4) is 0 Å². The number of allylic oxidation sites excluding steroid dienone is 2. The fourth-order valence-corrected chi connectivity index (χ4v) is 6.45. The van der Waals surface area contributed by atoms with Gasteiger partial charge >= 0.3 is 0 Å². The minimum atomic E-state index is -3.32. The van der Waals surface area contributed by atoms with Crippen molar-refractivity contribution < 1.29 is 17.5 Å². The zero-order chi connectivity index (χ0) is 27.7. The first-order valence-corrected chi connectivity index (χ1v) is 15.3. The van der Waals surface area contributed by atoms with Gasteiger partial charge in [-0.15, -0.1) is 11.8 Å². The van der Waals surface area contributed by atoms with Gasteiger partial charge in [0, 0.05) is 46.0 Å². The zero-order valence-electron chi connectivity index (χ0n) is 21.9. The van der Waals surface area contributed by atoms with Crippen LogP contribution in [0.1, 0.15) is 30.5 Å². The molecule has 1 aliphatic rings. The summed E-state index contributed by atoms with van der Waals surface area (Å²) in [5.41, 5.74) is 4.08. The molecule has 38 heavy (non-hydrogen) atoms. The van der Waals surface area contributed by atoms with E-state index in [-0.39, 0.29) is 16.0 Å². The van der Waals surface area contributed by atoms with E-state index in [1.807, 2.05) is 43.3 Å². The van der Waals surface area contributed by atoms with Crippen molar-refractivity contribution >= 4 is 38.9 Å². The number of rotatable bonds is 8. The SMILES string of the molecule is COc1cc(N2C(C(C)(C)c3ccc(S(C)(=O)=O)cc3)=CC#CC2SCc2ccc(C)cc2Cl)ccc1F. The smallest absolute Gasteiger partial charge is 0.175 e. The van der Waals surface area contributed by atoms with Gasteiger partial charge in [-0.3, -0.25) is 0 Å². The Morgan fingerprint density at radius 2 is 1.82 bits per heavy atom. The zero-order valence-corrected chi connectivity index (χ0v) is 24.3. The molecule has 3 aromatic carbocycles. The van der Waals surface area contributed by atoms with E-state index in [2.05, 4.69) is 30.6 Å². The van der Waals surface area contributed by atoms with Gasteiger partial charge in [0.05, 0.1) is 12.0 Å².